The normalized spacial score (nSPS) is 11.1. The molecule has 2 rings (SSSR count). The number of aryl methyl sites for hydroxylation is 1. The molecule has 2 N–H and O–H groups in total. The van der Waals surface area contributed by atoms with Gasteiger partial charge in [0.05, 0.1) is 15.5 Å². The Morgan fingerprint density at radius 3 is 2.29 bits per heavy atom. The maximum absolute atomic E-state index is 12.0. The standard InChI is InChI=1S/C14H13ClN2O3S/c1-10-6-8-11(9-7-10)21(19,20)17-16-14(18)12-4-2-3-5-13(12)15/h2-9,17H,1H3,(H,16,18). The highest BCUT2D eigenvalue weighted by Crippen LogP contribution is 2.14. The zero-order valence-corrected chi connectivity index (χ0v) is 12.7. The molecule has 110 valence electrons. The summed E-state index contributed by atoms with van der Waals surface area (Å²) < 4.78 is 24.0. The molecule has 7 heteroatoms. The summed E-state index contributed by atoms with van der Waals surface area (Å²) in [7, 11) is -3.82. The van der Waals surface area contributed by atoms with Gasteiger partial charge in [-0.3, -0.25) is 10.2 Å². The van der Waals surface area contributed by atoms with Crippen molar-refractivity contribution >= 4 is 27.5 Å². The SMILES string of the molecule is Cc1ccc(S(=O)(=O)NNC(=O)c2ccccc2Cl)cc1. The van der Waals surface area contributed by atoms with Crippen LogP contribution in [0.2, 0.25) is 5.02 Å². The summed E-state index contributed by atoms with van der Waals surface area (Å²) in [5.41, 5.74) is 3.26. The third kappa shape index (κ3) is 3.81. The van der Waals surface area contributed by atoms with Crippen molar-refractivity contribution in [3.8, 4) is 0 Å². The largest absolute Gasteiger partial charge is 0.273 e. The Balaban J connectivity index is 2.10. The highest BCUT2D eigenvalue weighted by atomic mass is 35.5. The van der Waals surface area contributed by atoms with Crippen LogP contribution >= 0.6 is 11.6 Å². The first kappa shape index (κ1) is 15.5. The van der Waals surface area contributed by atoms with Crippen LogP contribution in [0, 0.1) is 6.92 Å². The average molecular weight is 325 g/mol. The van der Waals surface area contributed by atoms with E-state index in [1.54, 1.807) is 30.3 Å². The summed E-state index contributed by atoms with van der Waals surface area (Å²) in [5, 5.41) is 0.240. The van der Waals surface area contributed by atoms with E-state index in [1.165, 1.54) is 18.2 Å². The zero-order chi connectivity index (χ0) is 15.5. The second-order valence-corrected chi connectivity index (χ2v) is 6.44. The summed E-state index contributed by atoms with van der Waals surface area (Å²) in [5.74, 6) is -0.628. The number of amides is 1. The minimum Gasteiger partial charge on any atom is -0.273 e. The molecule has 0 aliphatic carbocycles. The zero-order valence-electron chi connectivity index (χ0n) is 11.1. The quantitative estimate of drug-likeness (QED) is 0.847. The van der Waals surface area contributed by atoms with Crippen molar-refractivity contribution in [2.75, 3.05) is 0 Å². The first-order valence-electron chi connectivity index (χ1n) is 6.03. The number of rotatable bonds is 4. The fourth-order valence-electron chi connectivity index (χ4n) is 1.60. The smallest absolute Gasteiger partial charge is 0.267 e. The Morgan fingerprint density at radius 2 is 1.67 bits per heavy atom. The number of nitrogens with one attached hydrogen (secondary N) is 2. The van der Waals surface area contributed by atoms with Gasteiger partial charge in [-0.2, -0.15) is 0 Å². The Labute approximate surface area is 128 Å². The minimum absolute atomic E-state index is 0.0626. The van der Waals surface area contributed by atoms with E-state index >= 15 is 0 Å². The fraction of sp³-hybridized carbons (Fsp3) is 0.0714. The van der Waals surface area contributed by atoms with Gasteiger partial charge in [0.15, 0.2) is 0 Å². The molecule has 0 radical (unpaired) electrons. The summed E-state index contributed by atoms with van der Waals surface area (Å²) in [6.07, 6.45) is 0. The number of benzene rings is 2. The highest BCUT2D eigenvalue weighted by Gasteiger charge is 2.16. The highest BCUT2D eigenvalue weighted by molar-refractivity contribution is 7.89. The maximum atomic E-state index is 12.0. The number of halogens is 1. The molecule has 0 unspecified atom stereocenters. The van der Waals surface area contributed by atoms with Crippen LogP contribution in [0.4, 0.5) is 0 Å². The lowest BCUT2D eigenvalue weighted by Crippen LogP contribution is -2.41. The van der Waals surface area contributed by atoms with E-state index in [-0.39, 0.29) is 15.5 Å². The van der Waals surface area contributed by atoms with Crippen LogP contribution in [0.15, 0.2) is 53.4 Å². The van der Waals surface area contributed by atoms with Crippen molar-refractivity contribution in [2.24, 2.45) is 0 Å². The number of carbonyl (C=O) groups is 1. The third-order valence-electron chi connectivity index (χ3n) is 2.75. The summed E-state index contributed by atoms with van der Waals surface area (Å²) in [6.45, 7) is 1.85. The number of sulfonamides is 1. The van der Waals surface area contributed by atoms with Crippen molar-refractivity contribution in [2.45, 2.75) is 11.8 Å². The lowest BCUT2D eigenvalue weighted by Gasteiger charge is -2.09. The van der Waals surface area contributed by atoms with Crippen molar-refractivity contribution in [3.63, 3.8) is 0 Å². The summed E-state index contributed by atoms with van der Waals surface area (Å²) in [6, 6.07) is 12.6. The van der Waals surface area contributed by atoms with Crippen LogP contribution < -0.4 is 10.3 Å². The molecule has 0 aliphatic rings. The van der Waals surface area contributed by atoms with Gasteiger partial charge in [-0.05, 0) is 31.2 Å². The van der Waals surface area contributed by atoms with Crippen LogP contribution in [-0.4, -0.2) is 14.3 Å². The van der Waals surface area contributed by atoms with Gasteiger partial charge in [0.2, 0.25) is 0 Å². The molecule has 0 saturated carbocycles. The number of hydrazine groups is 1. The van der Waals surface area contributed by atoms with E-state index < -0.39 is 15.9 Å². The van der Waals surface area contributed by atoms with Crippen molar-refractivity contribution in [3.05, 3.63) is 64.7 Å². The summed E-state index contributed by atoms with van der Waals surface area (Å²) in [4.78, 5) is 14.0. The Kier molecular flexibility index (Phi) is 4.62. The third-order valence-corrected chi connectivity index (χ3v) is 4.34. The summed E-state index contributed by atoms with van der Waals surface area (Å²) >= 11 is 5.87. The molecular formula is C14H13ClN2O3S. The topological polar surface area (TPSA) is 75.3 Å². The predicted octanol–water partition coefficient (Wildman–Crippen LogP) is 2.27. The fourth-order valence-corrected chi connectivity index (χ4v) is 2.66. The van der Waals surface area contributed by atoms with E-state index in [0.29, 0.717) is 0 Å². The average Bonchev–Trinajstić information content (AvgIpc) is 2.46. The molecule has 0 bridgehead atoms. The molecule has 2 aromatic carbocycles. The predicted molar refractivity (Wildman–Crippen MR) is 80.4 cm³/mol. The second-order valence-electron chi connectivity index (χ2n) is 4.35. The Hall–Kier alpha value is -1.89. The van der Waals surface area contributed by atoms with E-state index in [4.69, 9.17) is 11.6 Å². The van der Waals surface area contributed by atoms with Crippen molar-refractivity contribution in [1.29, 1.82) is 0 Å². The minimum atomic E-state index is -3.82. The van der Waals surface area contributed by atoms with Gasteiger partial charge in [0.25, 0.3) is 15.9 Å². The van der Waals surface area contributed by atoms with E-state index in [0.717, 1.165) is 5.56 Å². The van der Waals surface area contributed by atoms with Gasteiger partial charge in [-0.25, -0.2) is 8.42 Å². The molecule has 0 saturated heterocycles. The molecule has 0 atom stereocenters. The van der Waals surface area contributed by atoms with Gasteiger partial charge >= 0.3 is 0 Å². The lowest BCUT2D eigenvalue weighted by molar-refractivity contribution is 0.0945. The molecule has 1 amide bonds. The van der Waals surface area contributed by atoms with Gasteiger partial charge in [0, 0.05) is 0 Å². The molecule has 0 aliphatic heterocycles. The molecule has 0 heterocycles. The van der Waals surface area contributed by atoms with Crippen LogP contribution in [0.3, 0.4) is 0 Å². The number of carbonyl (C=O) groups excluding carboxylic acids is 1. The van der Waals surface area contributed by atoms with Crippen molar-refractivity contribution < 1.29 is 13.2 Å². The Bertz CT molecular complexity index is 758. The maximum Gasteiger partial charge on any atom is 0.267 e. The monoisotopic (exact) mass is 324 g/mol. The van der Waals surface area contributed by atoms with Crippen LogP contribution in [0.1, 0.15) is 15.9 Å². The molecule has 5 nitrogen and oxygen atoms in total. The number of hydrogen-bond donors (Lipinski definition) is 2. The molecule has 0 aromatic heterocycles. The second kappa shape index (κ2) is 6.26. The molecule has 0 fully saturated rings. The molecule has 0 spiro atoms. The lowest BCUT2D eigenvalue weighted by atomic mass is 10.2. The van der Waals surface area contributed by atoms with Gasteiger partial charge in [0.1, 0.15) is 0 Å². The molecular weight excluding hydrogens is 312 g/mol. The molecule has 21 heavy (non-hydrogen) atoms. The molecule has 2 aromatic rings. The first-order valence-corrected chi connectivity index (χ1v) is 7.89. The van der Waals surface area contributed by atoms with Crippen molar-refractivity contribution in [1.82, 2.24) is 10.3 Å². The van der Waals surface area contributed by atoms with Crippen LogP contribution in [0.5, 0.6) is 0 Å². The van der Waals surface area contributed by atoms with Crippen LogP contribution in [0.25, 0.3) is 0 Å². The van der Waals surface area contributed by atoms with Crippen LogP contribution in [-0.2, 0) is 10.0 Å². The van der Waals surface area contributed by atoms with E-state index in [1.807, 2.05) is 11.8 Å². The van der Waals surface area contributed by atoms with E-state index in [2.05, 4.69) is 5.43 Å². The Morgan fingerprint density at radius 1 is 1.05 bits per heavy atom. The number of hydrogen-bond acceptors (Lipinski definition) is 3. The van der Waals surface area contributed by atoms with E-state index in [9.17, 15) is 13.2 Å². The van der Waals surface area contributed by atoms with Gasteiger partial charge in [-0.15, -0.1) is 4.83 Å². The first-order chi connectivity index (χ1) is 9.90. The van der Waals surface area contributed by atoms with Gasteiger partial charge in [-0.1, -0.05) is 41.4 Å². The van der Waals surface area contributed by atoms with Gasteiger partial charge < -0.3 is 0 Å².